The minimum atomic E-state index is -3.37. The molecule has 1 aromatic heterocycles. The number of aliphatic hydroxyl groups excluding tert-OH is 3. The second-order valence-electron chi connectivity index (χ2n) is 17.7. The topological polar surface area (TPSA) is 229 Å². The predicted octanol–water partition coefficient (Wildman–Crippen LogP) is 4.97. The van der Waals surface area contributed by atoms with Crippen LogP contribution in [0.3, 0.4) is 0 Å². The average Bonchev–Trinajstić information content (AvgIpc) is 3.72. The monoisotopic (exact) mass is 913 g/mol. The summed E-state index contributed by atoms with van der Waals surface area (Å²) in [5.41, 5.74) is 1.03. The van der Waals surface area contributed by atoms with E-state index in [0.717, 1.165) is 60.6 Å². The third-order valence-electron chi connectivity index (χ3n) is 13.7. The van der Waals surface area contributed by atoms with E-state index in [0.29, 0.717) is 12.0 Å². The number of amides is 2. The first kappa shape index (κ1) is 46.6. The van der Waals surface area contributed by atoms with Gasteiger partial charge in [0.25, 0.3) is 5.91 Å². The number of halogens is 1. The SMILES string of the molecule is C[C@H]1c2ccc(NC(=O)CCCCCCCCCP(Cl)(c3ccccc3)(c3ccccc3)c3cnn(C)c3)c(O)c2C(O)=C2C(=O)[C@]3(O)C(O)=C(C(N)=O)C(=O)[C@@H](N(C)C)[C@@H]3[C@@H](O)[C@@H]21. The van der Waals surface area contributed by atoms with Gasteiger partial charge in [0.1, 0.15) is 22.8 Å². The van der Waals surface area contributed by atoms with Crippen LogP contribution in [0.5, 0.6) is 5.75 Å². The number of ketones is 2. The molecule has 14 nitrogen and oxygen atoms in total. The Morgan fingerprint density at radius 3 is 2.02 bits per heavy atom. The Balaban J connectivity index is 0.980. The molecule has 0 unspecified atom stereocenters. The van der Waals surface area contributed by atoms with Crippen LogP contribution >= 0.6 is 17.2 Å². The van der Waals surface area contributed by atoms with Gasteiger partial charge in [-0.1, -0.05) is 13.0 Å². The Hall–Kier alpha value is -5.37. The second kappa shape index (κ2) is 17.9. The molecule has 0 bridgehead atoms. The number of nitrogens with zero attached hydrogens (tertiary/aromatic N) is 3. The predicted molar refractivity (Wildman–Crippen MR) is 249 cm³/mol. The number of phenolic OH excluding ortho intramolecular Hbond substituents is 1. The molecule has 3 aliphatic rings. The van der Waals surface area contributed by atoms with E-state index in [1.54, 1.807) is 13.0 Å². The molecule has 6 atom stereocenters. The number of Topliss-reactive ketones (excluding diaryl/α,β-unsaturated/α-hetero) is 2. The number of hydrogen-bond acceptors (Lipinski definition) is 11. The number of phenols is 1. The fraction of sp³-hybridized carbons (Fsp3) is 0.396. The van der Waals surface area contributed by atoms with Crippen LogP contribution in [-0.4, -0.2) is 102 Å². The summed E-state index contributed by atoms with van der Waals surface area (Å²) in [7, 11) is 4.81. The minimum absolute atomic E-state index is 0.0228. The molecule has 3 aromatic carbocycles. The van der Waals surface area contributed by atoms with E-state index in [1.165, 1.54) is 25.1 Å². The molecule has 8 N–H and O–H groups in total. The van der Waals surface area contributed by atoms with Gasteiger partial charge in [-0.3, -0.25) is 19.3 Å². The number of fused-ring (bicyclic) bond motifs is 3. The van der Waals surface area contributed by atoms with Crippen molar-refractivity contribution in [3.63, 3.8) is 0 Å². The van der Waals surface area contributed by atoms with E-state index in [9.17, 15) is 44.7 Å². The van der Waals surface area contributed by atoms with E-state index in [-0.39, 0.29) is 23.6 Å². The van der Waals surface area contributed by atoms with Crippen molar-refractivity contribution in [3.05, 3.63) is 113 Å². The summed E-state index contributed by atoms with van der Waals surface area (Å²) in [6.07, 6.45) is 9.42. The minimum Gasteiger partial charge on any atom is -0.508 e. The number of nitrogens with one attached hydrogen (secondary N) is 1. The van der Waals surface area contributed by atoms with E-state index >= 15 is 0 Å². The van der Waals surface area contributed by atoms with E-state index < -0.39 is 87.3 Å². The number of aliphatic hydroxyl groups is 4. The van der Waals surface area contributed by atoms with Crippen LogP contribution in [0.2, 0.25) is 0 Å². The van der Waals surface area contributed by atoms with Gasteiger partial charge in [-0.05, 0) is 31.6 Å². The molecular weight excluding hydrogens is 857 g/mol. The molecule has 0 spiro atoms. The van der Waals surface area contributed by atoms with Crippen molar-refractivity contribution in [1.29, 1.82) is 0 Å². The van der Waals surface area contributed by atoms with E-state index in [2.05, 4.69) is 34.7 Å². The first-order chi connectivity index (χ1) is 30.4. The molecule has 4 aromatic rings. The number of aromatic nitrogens is 2. The van der Waals surface area contributed by atoms with Crippen LogP contribution in [0.25, 0.3) is 5.76 Å². The molecule has 1 saturated carbocycles. The number of carbonyl (C=O) groups is 4. The maximum absolute atomic E-state index is 14.3. The number of benzene rings is 3. The van der Waals surface area contributed by atoms with Gasteiger partial charge in [-0.15, -0.1) is 0 Å². The largest absolute Gasteiger partial charge is 0.508 e. The van der Waals surface area contributed by atoms with Crippen LogP contribution < -0.4 is 27.0 Å². The van der Waals surface area contributed by atoms with Crippen molar-refractivity contribution < 1.29 is 44.7 Å². The maximum Gasteiger partial charge on any atom is 0.255 e. The van der Waals surface area contributed by atoms with Gasteiger partial charge in [0.15, 0.2) is 11.4 Å². The number of likely N-dealkylation sites (N-methyl/N-ethyl adjacent to an activating group) is 1. The normalized spacial score (nSPS) is 23.9. The molecule has 0 saturated heterocycles. The molecule has 0 aliphatic heterocycles. The van der Waals surface area contributed by atoms with Gasteiger partial charge in [-0.2, -0.15) is 0 Å². The third-order valence-corrected chi connectivity index (χ3v) is 21.2. The first-order valence-electron chi connectivity index (χ1n) is 21.7. The van der Waals surface area contributed by atoms with Gasteiger partial charge in [0.2, 0.25) is 5.78 Å². The molecule has 0 radical (unpaired) electrons. The third kappa shape index (κ3) is 7.52. The number of primary amides is 1. The molecule has 2 amide bonds. The Bertz CT molecular complexity index is 2500. The summed E-state index contributed by atoms with van der Waals surface area (Å²) in [5.74, 6) is -13.6. The van der Waals surface area contributed by atoms with Crippen molar-refractivity contribution in [1.82, 2.24) is 14.7 Å². The Labute approximate surface area is 377 Å². The fourth-order valence-corrected chi connectivity index (χ4v) is 16.5. The van der Waals surface area contributed by atoms with Crippen molar-refractivity contribution >= 4 is 67.9 Å². The number of rotatable bonds is 16. The number of anilines is 1. The van der Waals surface area contributed by atoms with Crippen LogP contribution in [-0.2, 0) is 26.2 Å². The van der Waals surface area contributed by atoms with Gasteiger partial charge in [-0.25, -0.2) is 0 Å². The Morgan fingerprint density at radius 1 is 0.891 bits per heavy atom. The summed E-state index contributed by atoms with van der Waals surface area (Å²) in [4.78, 5) is 54.5. The number of hydrogen-bond donors (Lipinski definition) is 7. The van der Waals surface area contributed by atoms with Gasteiger partial charge in [0, 0.05) is 11.5 Å². The van der Waals surface area contributed by atoms with Gasteiger partial charge in [0.05, 0.1) is 23.6 Å². The first-order valence-corrected chi connectivity index (χ1v) is 25.0. The van der Waals surface area contributed by atoms with E-state index in [4.69, 9.17) is 17.0 Å². The molecule has 16 heteroatoms. The number of nitrogens with two attached hydrogens (primary N) is 1. The summed E-state index contributed by atoms with van der Waals surface area (Å²) < 4.78 is 1.81. The number of unbranched alkanes of at least 4 members (excludes halogenated alkanes) is 6. The van der Waals surface area contributed by atoms with Gasteiger partial charge < -0.3 is 31.3 Å². The average molecular weight is 914 g/mol. The Kier molecular flexibility index (Phi) is 13.0. The summed E-state index contributed by atoms with van der Waals surface area (Å²) in [6.45, 7) is 1.65. The molecule has 7 rings (SSSR count). The van der Waals surface area contributed by atoms with Crippen LogP contribution in [0, 0.1) is 11.8 Å². The summed E-state index contributed by atoms with van der Waals surface area (Å²) >= 11 is 8.16. The van der Waals surface area contributed by atoms with Gasteiger partial charge >= 0.3 is 202 Å². The van der Waals surface area contributed by atoms with Crippen molar-refractivity contribution in [3.8, 4) is 5.75 Å². The van der Waals surface area contributed by atoms with Crippen LogP contribution in [0.15, 0.2) is 102 Å². The van der Waals surface area contributed by atoms with Crippen LogP contribution in [0.1, 0.15) is 75.3 Å². The summed E-state index contributed by atoms with van der Waals surface area (Å²) in [5, 5.41) is 68.6. The Morgan fingerprint density at radius 2 is 1.47 bits per heavy atom. The van der Waals surface area contributed by atoms with Crippen molar-refractivity contribution in [2.75, 3.05) is 25.6 Å². The molecule has 64 heavy (non-hydrogen) atoms. The molecular formula is C48H57ClN5O9P. The standard InChI is InChI=1S/C48H57ClN5O9P/c1-28-32-23-24-33(41(56)36(32)42(57)37-35(28)43(58)39-40(53(2)3)44(59)38(47(50)62)46(61)48(39,63)45(37)60)52-34(55)22-16-8-6-5-7-9-17-25-64(49,29-18-12-10-13-19-29,30-20-14-11-15-21-30)31-26-51-54(4)27-31/h10-15,18-21,23-24,26-28,35,39-40,43,56-58,61,63H,5-9,16-17,22,25H2,1-4H3,(H2,50,62)(H,52,55)/t28-,35+,39+,40-,43-,48-/m0/s1. The molecule has 340 valence electrons. The smallest absolute Gasteiger partial charge is 0.255 e. The molecule has 1 heterocycles. The van der Waals surface area contributed by atoms with Crippen molar-refractivity contribution in [2.45, 2.75) is 82.0 Å². The quantitative estimate of drug-likeness (QED) is 0.0344. The van der Waals surface area contributed by atoms with Crippen LogP contribution in [0.4, 0.5) is 5.69 Å². The summed E-state index contributed by atoms with van der Waals surface area (Å²) in [6, 6.07) is 22.3. The number of aromatic hydroxyl groups is 1. The number of aryl methyl sites for hydroxylation is 1. The molecule has 3 aliphatic carbocycles. The zero-order chi connectivity index (χ0) is 46.3. The van der Waals surface area contributed by atoms with Crippen molar-refractivity contribution in [2.24, 2.45) is 24.6 Å². The zero-order valence-electron chi connectivity index (χ0n) is 36.4. The van der Waals surface area contributed by atoms with E-state index in [1.807, 2.05) is 60.5 Å². The number of carbonyl (C=O) groups excluding carboxylic acids is 4. The maximum atomic E-state index is 14.3. The fourth-order valence-electron chi connectivity index (χ4n) is 10.5. The zero-order valence-corrected chi connectivity index (χ0v) is 38.1. The second-order valence-corrected chi connectivity index (χ2v) is 24.3. The molecule has 1 fully saturated rings.